The molecule has 3 aromatic rings. The van der Waals surface area contributed by atoms with Gasteiger partial charge in [0.1, 0.15) is 11.6 Å². The molecule has 0 spiro atoms. The Kier molecular flexibility index (Phi) is 5.38. The lowest BCUT2D eigenvalue weighted by atomic mass is 10.1. The first-order valence-corrected chi connectivity index (χ1v) is 9.83. The Morgan fingerprint density at radius 3 is 2.93 bits per heavy atom. The van der Waals surface area contributed by atoms with Gasteiger partial charge in [0.05, 0.1) is 28.8 Å². The molecule has 7 heteroatoms. The predicted molar refractivity (Wildman–Crippen MR) is 106 cm³/mol. The fraction of sp³-hybridized carbons (Fsp3) is 0.364. The summed E-state index contributed by atoms with van der Waals surface area (Å²) >= 11 is 0. The molecule has 0 unspecified atom stereocenters. The molecule has 1 aliphatic heterocycles. The number of likely N-dealkylation sites (tertiary alicyclic amines) is 1. The van der Waals surface area contributed by atoms with Crippen molar-refractivity contribution in [2.75, 3.05) is 6.54 Å². The van der Waals surface area contributed by atoms with Crippen LogP contribution in [0, 0.1) is 19.7 Å². The topological polar surface area (TPSA) is 72.1 Å². The van der Waals surface area contributed by atoms with Crippen LogP contribution < -0.4 is 0 Å². The Bertz CT molecular complexity index is 1010. The number of hydrogen-bond donors (Lipinski definition) is 0. The van der Waals surface area contributed by atoms with Gasteiger partial charge in [-0.05, 0) is 57.7 Å². The summed E-state index contributed by atoms with van der Waals surface area (Å²) in [5.74, 6) is 0.220. The van der Waals surface area contributed by atoms with E-state index in [1.807, 2.05) is 18.7 Å². The molecule has 1 aliphatic rings. The molecule has 4 rings (SSSR count). The van der Waals surface area contributed by atoms with E-state index in [1.54, 1.807) is 24.5 Å². The molecule has 3 heterocycles. The van der Waals surface area contributed by atoms with Crippen molar-refractivity contribution >= 4 is 5.91 Å². The Hall–Kier alpha value is -3.09. The van der Waals surface area contributed by atoms with Crippen LogP contribution >= 0.6 is 0 Å². The van der Waals surface area contributed by atoms with E-state index in [0.29, 0.717) is 18.5 Å². The number of rotatable bonds is 5. The first kappa shape index (κ1) is 19.2. The normalized spacial score (nSPS) is 16.4. The van der Waals surface area contributed by atoms with E-state index in [9.17, 15) is 9.18 Å². The maximum atomic E-state index is 13.5. The Balaban J connectivity index is 1.46. The second-order valence-corrected chi connectivity index (χ2v) is 7.44. The highest BCUT2D eigenvalue weighted by molar-refractivity contribution is 5.94. The van der Waals surface area contributed by atoms with Gasteiger partial charge in [-0.1, -0.05) is 11.2 Å². The minimum Gasteiger partial charge on any atom is -0.361 e. The van der Waals surface area contributed by atoms with Gasteiger partial charge in [-0.25, -0.2) is 9.37 Å². The predicted octanol–water partition coefficient (Wildman–Crippen LogP) is 4.12. The lowest BCUT2D eigenvalue weighted by Gasteiger charge is -2.25. The zero-order valence-corrected chi connectivity index (χ0v) is 16.6. The van der Waals surface area contributed by atoms with Crippen molar-refractivity contribution in [2.45, 2.75) is 45.6 Å². The van der Waals surface area contributed by atoms with Crippen LogP contribution in [-0.4, -0.2) is 38.5 Å². The largest absolute Gasteiger partial charge is 0.361 e. The molecule has 0 N–H and O–H groups in total. The van der Waals surface area contributed by atoms with E-state index in [1.165, 1.54) is 12.1 Å². The van der Waals surface area contributed by atoms with Crippen molar-refractivity contribution in [3.63, 3.8) is 0 Å². The summed E-state index contributed by atoms with van der Waals surface area (Å²) < 4.78 is 18.7. The van der Waals surface area contributed by atoms with Gasteiger partial charge in [-0.15, -0.1) is 0 Å². The van der Waals surface area contributed by atoms with E-state index in [4.69, 9.17) is 9.51 Å². The van der Waals surface area contributed by atoms with Gasteiger partial charge in [0.2, 0.25) is 0 Å². The number of carbonyl (C=O) groups is 1. The highest BCUT2D eigenvalue weighted by Gasteiger charge is 2.29. The van der Waals surface area contributed by atoms with Crippen LogP contribution in [0.5, 0.6) is 0 Å². The Labute approximate surface area is 168 Å². The minimum absolute atomic E-state index is 0.109. The summed E-state index contributed by atoms with van der Waals surface area (Å²) in [5, 5.41) is 3.98. The van der Waals surface area contributed by atoms with Crippen LogP contribution in [0.3, 0.4) is 0 Å². The zero-order valence-electron chi connectivity index (χ0n) is 16.6. The molecular weight excluding hydrogens is 371 g/mol. The van der Waals surface area contributed by atoms with E-state index in [2.05, 4.69) is 10.1 Å². The number of benzene rings is 1. The molecule has 29 heavy (non-hydrogen) atoms. The third kappa shape index (κ3) is 4.04. The maximum absolute atomic E-state index is 13.5. The Morgan fingerprint density at radius 1 is 1.31 bits per heavy atom. The third-order valence-electron chi connectivity index (χ3n) is 5.42. The smallest absolute Gasteiger partial charge is 0.254 e. The summed E-state index contributed by atoms with van der Waals surface area (Å²) in [7, 11) is 0. The Morgan fingerprint density at radius 2 is 2.17 bits per heavy atom. The van der Waals surface area contributed by atoms with E-state index >= 15 is 0 Å². The van der Waals surface area contributed by atoms with Gasteiger partial charge >= 0.3 is 0 Å². The molecule has 1 fully saturated rings. The molecule has 0 saturated carbocycles. The molecule has 1 saturated heterocycles. The van der Waals surface area contributed by atoms with Gasteiger partial charge in [-0.3, -0.25) is 9.78 Å². The number of amides is 1. The summed E-state index contributed by atoms with van der Waals surface area (Å²) in [6.45, 7) is 4.44. The third-order valence-corrected chi connectivity index (χ3v) is 5.42. The number of aromatic nitrogens is 3. The first-order chi connectivity index (χ1) is 14.0. The van der Waals surface area contributed by atoms with Crippen LogP contribution in [0.15, 0.2) is 41.2 Å². The van der Waals surface area contributed by atoms with Gasteiger partial charge in [0.25, 0.3) is 5.91 Å². The standard InChI is InChI=1S/C22H23FN4O2/c1-14-21(15(2)29-26-14)20-13-24-12-18(25-20)8-9-19-7-4-10-27(19)22(28)16-5-3-6-17(23)11-16/h3,5-6,11-13,19H,4,7-10H2,1-2H3/t19-/m0/s1. The zero-order chi connectivity index (χ0) is 20.4. The number of hydrogen-bond acceptors (Lipinski definition) is 5. The number of carbonyl (C=O) groups excluding carboxylic acids is 1. The first-order valence-electron chi connectivity index (χ1n) is 9.83. The molecule has 1 aromatic carbocycles. The highest BCUT2D eigenvalue weighted by atomic mass is 19.1. The monoisotopic (exact) mass is 394 g/mol. The van der Waals surface area contributed by atoms with Crippen molar-refractivity contribution in [3.8, 4) is 11.3 Å². The van der Waals surface area contributed by atoms with Crippen molar-refractivity contribution in [3.05, 3.63) is 65.2 Å². The van der Waals surface area contributed by atoms with Crippen LogP contribution in [0.1, 0.15) is 46.8 Å². The van der Waals surface area contributed by atoms with Crippen molar-refractivity contribution in [2.24, 2.45) is 0 Å². The summed E-state index contributed by atoms with van der Waals surface area (Å²) in [4.78, 5) is 23.7. The second kappa shape index (κ2) is 8.11. The van der Waals surface area contributed by atoms with E-state index in [-0.39, 0.29) is 11.9 Å². The van der Waals surface area contributed by atoms with Gasteiger partial charge in [0.15, 0.2) is 0 Å². The van der Waals surface area contributed by atoms with E-state index < -0.39 is 5.82 Å². The average Bonchev–Trinajstić information content (AvgIpc) is 3.32. The van der Waals surface area contributed by atoms with Crippen molar-refractivity contribution < 1.29 is 13.7 Å². The fourth-order valence-electron chi connectivity index (χ4n) is 4.00. The lowest BCUT2D eigenvalue weighted by molar-refractivity contribution is 0.0730. The molecule has 2 aromatic heterocycles. The molecule has 0 bridgehead atoms. The molecule has 6 nitrogen and oxygen atoms in total. The molecule has 150 valence electrons. The van der Waals surface area contributed by atoms with Gasteiger partial charge in [0, 0.05) is 24.3 Å². The van der Waals surface area contributed by atoms with E-state index in [0.717, 1.165) is 47.7 Å². The molecule has 1 atom stereocenters. The van der Waals surface area contributed by atoms with Crippen molar-refractivity contribution in [1.82, 2.24) is 20.0 Å². The van der Waals surface area contributed by atoms with Crippen LogP contribution in [0.4, 0.5) is 4.39 Å². The second-order valence-electron chi connectivity index (χ2n) is 7.44. The molecule has 0 aliphatic carbocycles. The molecule has 1 amide bonds. The summed E-state index contributed by atoms with van der Waals surface area (Å²) in [6.07, 6.45) is 6.87. The van der Waals surface area contributed by atoms with Crippen molar-refractivity contribution in [1.29, 1.82) is 0 Å². The quantitative estimate of drug-likeness (QED) is 0.651. The maximum Gasteiger partial charge on any atom is 0.254 e. The minimum atomic E-state index is -0.391. The van der Waals surface area contributed by atoms with Crippen LogP contribution in [-0.2, 0) is 6.42 Å². The highest BCUT2D eigenvalue weighted by Crippen LogP contribution is 2.26. The molecule has 0 radical (unpaired) electrons. The summed E-state index contributed by atoms with van der Waals surface area (Å²) in [6, 6.07) is 6.01. The average molecular weight is 394 g/mol. The van der Waals surface area contributed by atoms with Crippen LogP contribution in [0.25, 0.3) is 11.3 Å². The van der Waals surface area contributed by atoms with Gasteiger partial charge in [-0.2, -0.15) is 0 Å². The van der Waals surface area contributed by atoms with Gasteiger partial charge < -0.3 is 9.42 Å². The lowest BCUT2D eigenvalue weighted by Crippen LogP contribution is -2.35. The SMILES string of the molecule is Cc1noc(C)c1-c1cncc(CC[C@@H]2CCCN2C(=O)c2cccc(F)c2)n1. The molecular formula is C22H23FN4O2. The number of halogens is 1. The van der Waals surface area contributed by atoms with Crippen LogP contribution in [0.2, 0.25) is 0 Å². The fourth-order valence-corrected chi connectivity index (χ4v) is 4.00. The summed E-state index contributed by atoms with van der Waals surface area (Å²) in [5.41, 5.74) is 3.68. The number of aryl methyl sites for hydroxylation is 3. The number of nitrogens with zero attached hydrogens (tertiary/aromatic N) is 4.